The van der Waals surface area contributed by atoms with Gasteiger partial charge in [-0.2, -0.15) is 79.0 Å². The van der Waals surface area contributed by atoms with Gasteiger partial charge in [-0.25, -0.2) is 0 Å². The van der Waals surface area contributed by atoms with Gasteiger partial charge in [0.25, 0.3) is 17.3 Å². The molecule has 0 bridgehead atoms. The van der Waals surface area contributed by atoms with Crippen molar-refractivity contribution in [2.24, 2.45) is 0 Å². The smallest absolute Gasteiger partial charge is 0.454 e. The molecule has 1 radical (unpaired) electrons. The van der Waals surface area contributed by atoms with Crippen LogP contribution in [-0.2, 0) is 31.5 Å². The van der Waals surface area contributed by atoms with Gasteiger partial charge in [0.1, 0.15) is 0 Å². The van der Waals surface area contributed by atoms with Crippen LogP contribution in [0.15, 0.2) is 35.5 Å². The van der Waals surface area contributed by atoms with Crippen molar-refractivity contribution in [2.75, 3.05) is 0 Å². The van der Waals surface area contributed by atoms with Gasteiger partial charge in [0, 0.05) is 35.3 Å². The summed E-state index contributed by atoms with van der Waals surface area (Å²) in [5.41, 5.74) is 0. The van der Waals surface area contributed by atoms with E-state index in [0.717, 1.165) is 0 Å². The van der Waals surface area contributed by atoms with E-state index < -0.39 is 89.9 Å². The summed E-state index contributed by atoms with van der Waals surface area (Å²) in [5.74, 6) is -16.0. The summed E-state index contributed by atoms with van der Waals surface area (Å²) in [4.78, 5) is 29.6. The molecule has 0 aromatic heterocycles. The minimum absolute atomic E-state index is 0. The van der Waals surface area contributed by atoms with Crippen molar-refractivity contribution in [3.8, 4) is 0 Å². The minimum atomic E-state index is -5.42. The first kappa shape index (κ1) is 43.9. The summed E-state index contributed by atoms with van der Waals surface area (Å²) in [5, 5.41) is 23.8. The molecule has 25 heteroatoms. The van der Waals surface area contributed by atoms with Gasteiger partial charge in [0.05, 0.1) is 0 Å². The van der Waals surface area contributed by atoms with E-state index in [2.05, 4.69) is 0 Å². The third-order valence-corrected chi connectivity index (χ3v) is 2.51. The number of aliphatic hydroxyl groups is 3. The molecule has 0 aromatic carbocycles. The van der Waals surface area contributed by atoms with Gasteiger partial charge in [-0.15, -0.1) is 0 Å². The summed E-state index contributed by atoms with van der Waals surface area (Å²) in [6, 6.07) is 0. The Morgan fingerprint density at radius 3 is 0.550 bits per heavy atom. The molecule has 0 saturated carbocycles. The number of hydrogen-bond acceptors (Lipinski definition) is 6. The molecule has 0 aliphatic heterocycles. The Hall–Kier alpha value is -3.11. The quantitative estimate of drug-likeness (QED) is 0.139. The average Bonchev–Trinajstić information content (AvgIpc) is 2.64. The Morgan fingerprint density at radius 2 is 0.475 bits per heavy atom. The summed E-state index contributed by atoms with van der Waals surface area (Å²) >= 11 is 0. The standard InChI is InChI=1S/3C5H2F6O2.Mn/c3*6-4(7,8)2(12)1-3(13)5(9,10)11;/h3*1,12H;/b3*2-1-;. The van der Waals surface area contributed by atoms with Crippen molar-refractivity contribution in [3.05, 3.63) is 35.5 Å². The van der Waals surface area contributed by atoms with E-state index in [1.807, 2.05) is 0 Å². The van der Waals surface area contributed by atoms with E-state index in [4.69, 9.17) is 15.3 Å². The number of carbonyl (C=O) groups excluding carboxylic acids is 3. The van der Waals surface area contributed by atoms with Crippen LogP contribution in [0, 0.1) is 0 Å². The topological polar surface area (TPSA) is 112 Å². The average molecular weight is 679 g/mol. The van der Waals surface area contributed by atoms with Crippen LogP contribution < -0.4 is 0 Å². The summed E-state index contributed by atoms with van der Waals surface area (Å²) < 4.78 is 204. The van der Waals surface area contributed by atoms with Gasteiger partial charge in [-0.1, -0.05) is 0 Å². The molecule has 0 saturated heterocycles. The molecule has 0 aliphatic carbocycles. The van der Waals surface area contributed by atoms with E-state index in [9.17, 15) is 93.4 Å². The van der Waals surface area contributed by atoms with E-state index in [1.54, 1.807) is 0 Å². The SMILES string of the molecule is O=C(/C=C(\O)C(F)(F)F)C(F)(F)F.O=C(/C=C(\O)C(F)(F)F)C(F)(F)F.O=C(/C=C(\O)C(F)(F)F)C(F)(F)F.[Mn]. The van der Waals surface area contributed by atoms with Gasteiger partial charge in [0.2, 0.25) is 17.3 Å². The first-order valence-electron chi connectivity index (χ1n) is 7.92. The summed E-state index contributed by atoms with van der Waals surface area (Å²) in [6.07, 6.45) is -35.0. The normalized spacial score (nSPS) is 14.1. The van der Waals surface area contributed by atoms with Crippen LogP contribution in [0.2, 0.25) is 0 Å². The second-order valence-corrected chi connectivity index (χ2v) is 5.67. The van der Waals surface area contributed by atoms with Crippen LogP contribution >= 0.6 is 0 Å². The third kappa shape index (κ3) is 19.9. The molecular weight excluding hydrogens is 673 g/mol. The molecule has 0 rings (SSSR count). The van der Waals surface area contributed by atoms with E-state index in [-0.39, 0.29) is 17.1 Å². The fourth-order valence-electron chi connectivity index (χ4n) is 0.864. The first-order valence-corrected chi connectivity index (χ1v) is 7.92. The number of alkyl halides is 18. The number of ketones is 3. The Kier molecular flexibility index (Phi) is 16.5. The van der Waals surface area contributed by atoms with E-state index in [1.165, 1.54) is 0 Å². The van der Waals surface area contributed by atoms with Gasteiger partial charge in [-0.05, 0) is 0 Å². The van der Waals surface area contributed by atoms with Crippen molar-refractivity contribution >= 4 is 17.3 Å². The number of allylic oxidation sites excluding steroid dienone is 6. The molecule has 0 spiro atoms. The molecule has 6 nitrogen and oxygen atoms in total. The second kappa shape index (κ2) is 15.0. The molecule has 0 atom stereocenters. The van der Waals surface area contributed by atoms with Gasteiger partial charge >= 0.3 is 37.1 Å². The van der Waals surface area contributed by atoms with Crippen molar-refractivity contribution in [1.82, 2.24) is 0 Å². The zero-order valence-electron chi connectivity index (χ0n) is 17.5. The molecule has 0 heterocycles. The summed E-state index contributed by atoms with van der Waals surface area (Å²) in [6.45, 7) is 0. The Labute approximate surface area is 216 Å². The van der Waals surface area contributed by atoms with Crippen molar-refractivity contribution in [3.63, 3.8) is 0 Å². The molecule has 0 aromatic rings. The Bertz CT molecular complexity index is 834. The van der Waals surface area contributed by atoms with Crippen molar-refractivity contribution < 1.29 is 126 Å². The van der Waals surface area contributed by atoms with Crippen LogP contribution in [-0.4, -0.2) is 69.7 Å². The Morgan fingerprint density at radius 1 is 0.350 bits per heavy atom. The van der Waals surface area contributed by atoms with Crippen molar-refractivity contribution in [2.45, 2.75) is 37.1 Å². The molecule has 40 heavy (non-hydrogen) atoms. The maximum Gasteiger partial charge on any atom is 0.454 e. The molecule has 3 N–H and O–H groups in total. The number of halogens is 18. The first-order chi connectivity index (χ1) is 16.6. The van der Waals surface area contributed by atoms with Crippen LogP contribution in [0.1, 0.15) is 0 Å². The molecular formula is C15H6F18MnO6. The monoisotopic (exact) mass is 679 g/mol. The van der Waals surface area contributed by atoms with Gasteiger partial charge in [-0.3, -0.25) is 14.4 Å². The molecule has 0 aliphatic rings. The third-order valence-electron chi connectivity index (χ3n) is 2.51. The molecule has 235 valence electrons. The van der Waals surface area contributed by atoms with Crippen LogP contribution in [0.3, 0.4) is 0 Å². The fourth-order valence-corrected chi connectivity index (χ4v) is 0.864. The fraction of sp³-hybridized carbons (Fsp3) is 0.400. The van der Waals surface area contributed by atoms with Crippen LogP contribution in [0.5, 0.6) is 0 Å². The van der Waals surface area contributed by atoms with Crippen LogP contribution in [0.4, 0.5) is 79.0 Å². The molecule has 0 unspecified atom stereocenters. The largest absolute Gasteiger partial charge is 0.504 e. The molecule has 0 amide bonds. The number of aliphatic hydroxyl groups excluding tert-OH is 3. The maximum atomic E-state index is 11.4. The molecule has 0 fully saturated rings. The van der Waals surface area contributed by atoms with Crippen LogP contribution in [0.25, 0.3) is 0 Å². The van der Waals surface area contributed by atoms with Crippen molar-refractivity contribution in [1.29, 1.82) is 0 Å². The summed E-state index contributed by atoms with van der Waals surface area (Å²) in [7, 11) is 0. The zero-order chi connectivity index (χ0) is 32.6. The predicted octanol–water partition coefficient (Wildman–Crippen LogP) is 6.36. The van der Waals surface area contributed by atoms with E-state index in [0.29, 0.717) is 0 Å². The predicted molar refractivity (Wildman–Crippen MR) is 83.5 cm³/mol. The van der Waals surface area contributed by atoms with Gasteiger partial charge in [0.15, 0.2) is 0 Å². The number of hydrogen-bond donors (Lipinski definition) is 3. The second-order valence-electron chi connectivity index (χ2n) is 5.67. The number of rotatable bonds is 3. The maximum absolute atomic E-state index is 11.4. The minimum Gasteiger partial charge on any atom is -0.504 e. The van der Waals surface area contributed by atoms with E-state index >= 15 is 0 Å². The Balaban J connectivity index is -0.000000240. The number of carbonyl (C=O) groups is 3. The van der Waals surface area contributed by atoms with Gasteiger partial charge < -0.3 is 15.3 Å². The zero-order valence-corrected chi connectivity index (χ0v) is 18.7.